The van der Waals surface area contributed by atoms with E-state index in [1.54, 1.807) is 24.3 Å². The van der Waals surface area contributed by atoms with Crippen molar-refractivity contribution in [1.82, 2.24) is 14.5 Å². The second kappa shape index (κ2) is 11.2. The quantitative estimate of drug-likeness (QED) is 0.254. The van der Waals surface area contributed by atoms with Gasteiger partial charge in [0.15, 0.2) is 5.82 Å². The van der Waals surface area contributed by atoms with Crippen molar-refractivity contribution in [2.45, 2.75) is 19.4 Å². The van der Waals surface area contributed by atoms with E-state index < -0.39 is 6.43 Å². The van der Waals surface area contributed by atoms with Crippen LogP contribution < -0.4 is 10.1 Å². The minimum absolute atomic E-state index is 0.00282. The monoisotopic (exact) mass is 488 g/mol. The Bertz CT molecular complexity index is 1250. The van der Waals surface area contributed by atoms with E-state index in [1.807, 2.05) is 16.8 Å². The lowest BCUT2D eigenvalue weighted by Gasteiger charge is -2.13. The summed E-state index contributed by atoms with van der Waals surface area (Å²) in [6, 6.07) is 12.7. The van der Waals surface area contributed by atoms with E-state index >= 15 is 0 Å². The lowest BCUT2D eigenvalue weighted by atomic mass is 10.2. The van der Waals surface area contributed by atoms with Gasteiger partial charge in [0, 0.05) is 30.6 Å². The average molecular weight is 489 g/mol. The van der Waals surface area contributed by atoms with Crippen LogP contribution in [0.2, 0.25) is 5.02 Å². The number of alkyl halides is 2. The van der Waals surface area contributed by atoms with Crippen LogP contribution in [0.25, 0.3) is 11.0 Å². The summed E-state index contributed by atoms with van der Waals surface area (Å²) in [6.07, 6.45) is 1.60. The Hall–Kier alpha value is -3.27. The Labute approximate surface area is 199 Å². The van der Waals surface area contributed by atoms with Crippen LogP contribution in [-0.4, -0.2) is 39.5 Å². The summed E-state index contributed by atoms with van der Waals surface area (Å²) in [5.41, 5.74) is 2.18. The third kappa shape index (κ3) is 5.80. The summed E-state index contributed by atoms with van der Waals surface area (Å²) in [5.74, 6) is 1.23. The SMILES string of the molecule is OCCOCCCn1ccc2ncnc(Nc3ccc(Oc4cccc(C(F)F)c4)c(Cl)c3)c21. The number of aryl methyl sites for hydroxylation is 1. The zero-order valence-corrected chi connectivity index (χ0v) is 18.9. The smallest absolute Gasteiger partial charge is 0.263 e. The van der Waals surface area contributed by atoms with E-state index in [4.69, 9.17) is 26.2 Å². The van der Waals surface area contributed by atoms with Gasteiger partial charge < -0.3 is 24.5 Å². The van der Waals surface area contributed by atoms with Gasteiger partial charge in [-0.1, -0.05) is 23.7 Å². The Morgan fingerprint density at radius 1 is 1.09 bits per heavy atom. The minimum Gasteiger partial charge on any atom is -0.456 e. The van der Waals surface area contributed by atoms with E-state index in [0.29, 0.717) is 42.0 Å². The van der Waals surface area contributed by atoms with Crippen molar-refractivity contribution in [2.75, 3.05) is 25.1 Å². The number of anilines is 2. The lowest BCUT2D eigenvalue weighted by molar-refractivity contribution is 0.0889. The summed E-state index contributed by atoms with van der Waals surface area (Å²) in [7, 11) is 0. The molecule has 2 aromatic carbocycles. The number of fused-ring (bicyclic) bond motifs is 1. The first-order chi connectivity index (χ1) is 16.5. The number of nitrogens with one attached hydrogen (secondary N) is 1. The Morgan fingerprint density at radius 3 is 2.76 bits per heavy atom. The number of aliphatic hydroxyl groups is 1. The van der Waals surface area contributed by atoms with Crippen molar-refractivity contribution in [1.29, 1.82) is 0 Å². The molecule has 4 aromatic rings. The van der Waals surface area contributed by atoms with E-state index in [2.05, 4.69) is 15.3 Å². The van der Waals surface area contributed by atoms with Crippen molar-refractivity contribution in [3.63, 3.8) is 0 Å². The number of hydrogen-bond acceptors (Lipinski definition) is 6. The Morgan fingerprint density at radius 2 is 1.97 bits per heavy atom. The predicted molar refractivity (Wildman–Crippen MR) is 126 cm³/mol. The maximum atomic E-state index is 12.9. The number of rotatable bonds is 11. The van der Waals surface area contributed by atoms with E-state index in [1.165, 1.54) is 24.5 Å². The average Bonchev–Trinajstić information content (AvgIpc) is 3.25. The molecule has 2 aromatic heterocycles. The maximum Gasteiger partial charge on any atom is 0.263 e. The molecule has 0 aliphatic rings. The van der Waals surface area contributed by atoms with Crippen LogP contribution in [0.5, 0.6) is 11.5 Å². The van der Waals surface area contributed by atoms with Crippen molar-refractivity contribution in [3.8, 4) is 11.5 Å². The fourth-order valence-corrected chi connectivity index (χ4v) is 3.67. The highest BCUT2D eigenvalue weighted by Crippen LogP contribution is 2.34. The molecule has 0 saturated heterocycles. The second-order valence-electron chi connectivity index (χ2n) is 7.40. The Balaban J connectivity index is 1.49. The molecule has 0 unspecified atom stereocenters. The van der Waals surface area contributed by atoms with E-state index in [9.17, 15) is 8.78 Å². The molecule has 10 heteroatoms. The number of nitrogens with zero attached hydrogens (tertiary/aromatic N) is 3. The summed E-state index contributed by atoms with van der Waals surface area (Å²) in [5, 5.41) is 12.4. The van der Waals surface area contributed by atoms with Crippen molar-refractivity contribution < 1.29 is 23.4 Å². The standard InChI is InChI=1S/C24H23ClF2N4O3/c25-19-14-17(5-6-21(19)34-18-4-1-3-16(13-18)23(26)27)30-24-22-20(28-15-29-24)7-9-31(22)8-2-11-33-12-10-32/h1,3-7,9,13-15,23,32H,2,8,10-12H2,(H,28,29,30). The molecule has 0 spiro atoms. The van der Waals surface area contributed by atoms with Crippen LogP contribution in [-0.2, 0) is 11.3 Å². The first kappa shape index (κ1) is 23.9. The predicted octanol–water partition coefficient (Wildman–Crippen LogP) is 5.96. The number of benzene rings is 2. The van der Waals surface area contributed by atoms with Crippen LogP contribution in [0.3, 0.4) is 0 Å². The third-order valence-corrected chi connectivity index (χ3v) is 5.30. The molecule has 0 bridgehead atoms. The highest BCUT2D eigenvalue weighted by atomic mass is 35.5. The molecule has 0 amide bonds. The molecular formula is C24H23ClF2N4O3. The highest BCUT2D eigenvalue weighted by Gasteiger charge is 2.12. The van der Waals surface area contributed by atoms with Gasteiger partial charge in [0.1, 0.15) is 23.3 Å². The molecule has 4 rings (SSSR count). The fraction of sp³-hybridized carbons (Fsp3) is 0.250. The summed E-state index contributed by atoms with van der Waals surface area (Å²) >= 11 is 6.40. The van der Waals surface area contributed by atoms with Gasteiger partial charge in [0.05, 0.1) is 23.8 Å². The van der Waals surface area contributed by atoms with Gasteiger partial charge in [0.2, 0.25) is 0 Å². The highest BCUT2D eigenvalue weighted by molar-refractivity contribution is 6.32. The van der Waals surface area contributed by atoms with Crippen LogP contribution in [0.15, 0.2) is 61.1 Å². The first-order valence-electron chi connectivity index (χ1n) is 10.7. The topological polar surface area (TPSA) is 81.4 Å². The van der Waals surface area contributed by atoms with Gasteiger partial charge in [-0.15, -0.1) is 0 Å². The number of ether oxygens (including phenoxy) is 2. The van der Waals surface area contributed by atoms with Gasteiger partial charge in [-0.3, -0.25) is 0 Å². The van der Waals surface area contributed by atoms with Gasteiger partial charge in [-0.05, 0) is 42.8 Å². The summed E-state index contributed by atoms with van der Waals surface area (Å²) < 4.78 is 39.0. The largest absolute Gasteiger partial charge is 0.456 e. The van der Waals surface area contributed by atoms with Crippen LogP contribution in [0, 0.1) is 0 Å². The Kier molecular flexibility index (Phi) is 7.89. The molecule has 0 fully saturated rings. The van der Waals surface area contributed by atoms with Crippen LogP contribution in [0.1, 0.15) is 18.4 Å². The molecule has 0 aliphatic heterocycles. The molecule has 7 nitrogen and oxygen atoms in total. The number of aromatic nitrogens is 3. The van der Waals surface area contributed by atoms with E-state index in [0.717, 1.165) is 17.5 Å². The second-order valence-corrected chi connectivity index (χ2v) is 7.81. The van der Waals surface area contributed by atoms with Crippen LogP contribution in [0.4, 0.5) is 20.3 Å². The lowest BCUT2D eigenvalue weighted by Crippen LogP contribution is -2.06. The fourth-order valence-electron chi connectivity index (χ4n) is 3.45. The van der Waals surface area contributed by atoms with Crippen molar-refractivity contribution in [3.05, 3.63) is 71.6 Å². The van der Waals surface area contributed by atoms with Gasteiger partial charge in [0.25, 0.3) is 6.43 Å². The first-order valence-corrected chi connectivity index (χ1v) is 11.0. The summed E-state index contributed by atoms with van der Waals surface area (Å²) in [4.78, 5) is 8.71. The zero-order chi connectivity index (χ0) is 23.9. The van der Waals surface area contributed by atoms with Crippen LogP contribution >= 0.6 is 11.6 Å². The molecule has 34 heavy (non-hydrogen) atoms. The molecule has 0 aliphatic carbocycles. The molecular weight excluding hydrogens is 466 g/mol. The summed E-state index contributed by atoms with van der Waals surface area (Å²) in [6.45, 7) is 1.56. The van der Waals surface area contributed by atoms with Crippen molar-refractivity contribution in [2.24, 2.45) is 0 Å². The van der Waals surface area contributed by atoms with Gasteiger partial charge in [-0.2, -0.15) is 0 Å². The molecule has 2 N–H and O–H groups in total. The number of hydrogen-bond donors (Lipinski definition) is 2. The molecule has 2 heterocycles. The molecule has 0 atom stereocenters. The van der Waals surface area contributed by atoms with Gasteiger partial charge in [-0.25, -0.2) is 18.7 Å². The third-order valence-electron chi connectivity index (χ3n) is 5.01. The zero-order valence-electron chi connectivity index (χ0n) is 18.1. The molecule has 178 valence electrons. The minimum atomic E-state index is -2.58. The molecule has 0 radical (unpaired) electrons. The van der Waals surface area contributed by atoms with E-state index in [-0.39, 0.29) is 17.9 Å². The van der Waals surface area contributed by atoms with Crippen molar-refractivity contribution >= 4 is 34.1 Å². The van der Waals surface area contributed by atoms with Gasteiger partial charge >= 0.3 is 0 Å². The maximum absolute atomic E-state index is 12.9. The number of halogens is 3. The number of aliphatic hydroxyl groups excluding tert-OH is 1. The molecule has 0 saturated carbocycles. The normalized spacial score (nSPS) is 11.3.